The van der Waals surface area contributed by atoms with E-state index in [1.54, 1.807) is 7.11 Å². The predicted octanol–water partition coefficient (Wildman–Crippen LogP) is 8.66. The van der Waals surface area contributed by atoms with Crippen LogP contribution in [0.4, 0.5) is 0 Å². The predicted molar refractivity (Wildman–Crippen MR) is 156 cm³/mol. The molecular formula is C31H40Br2O3. The Morgan fingerprint density at radius 2 is 1.36 bits per heavy atom. The Morgan fingerprint density at radius 1 is 0.806 bits per heavy atom. The number of alkyl halides is 2. The van der Waals surface area contributed by atoms with Gasteiger partial charge >= 0.3 is 0 Å². The Balaban J connectivity index is 1.31. The van der Waals surface area contributed by atoms with Gasteiger partial charge in [-0.25, -0.2) is 0 Å². The number of benzene rings is 2. The number of hydrogen-bond acceptors (Lipinski definition) is 3. The molecular weight excluding hydrogens is 580 g/mol. The smallest absolute Gasteiger partial charge is 0.188 e. The molecule has 2 unspecified atom stereocenters. The Bertz CT molecular complexity index is 1020. The van der Waals surface area contributed by atoms with Gasteiger partial charge in [-0.2, -0.15) is 0 Å². The van der Waals surface area contributed by atoms with E-state index in [2.05, 4.69) is 69.1 Å². The van der Waals surface area contributed by atoms with E-state index in [0.29, 0.717) is 17.0 Å². The lowest BCUT2D eigenvalue weighted by atomic mass is 9.96. The second-order valence-corrected chi connectivity index (χ2v) is 11.4. The summed E-state index contributed by atoms with van der Waals surface area (Å²) in [4.78, 5) is 25.0. The van der Waals surface area contributed by atoms with Crippen molar-refractivity contribution in [3.05, 3.63) is 69.8 Å². The molecule has 1 aliphatic carbocycles. The lowest BCUT2D eigenvalue weighted by Gasteiger charge is -2.10. The van der Waals surface area contributed by atoms with E-state index < -0.39 is 0 Å². The van der Waals surface area contributed by atoms with E-state index in [4.69, 9.17) is 4.74 Å². The van der Waals surface area contributed by atoms with Crippen molar-refractivity contribution in [2.24, 2.45) is 11.8 Å². The first kappa shape index (κ1) is 29.3. The highest BCUT2D eigenvalue weighted by molar-refractivity contribution is 9.08. The lowest BCUT2D eigenvalue weighted by Crippen LogP contribution is -2.10. The first-order chi connectivity index (χ1) is 17.5. The first-order valence-electron chi connectivity index (χ1n) is 13.4. The fourth-order valence-electron chi connectivity index (χ4n) is 4.95. The molecule has 3 rings (SSSR count). The number of hydrogen-bond donors (Lipinski definition) is 0. The molecule has 1 aliphatic rings. The number of unbranched alkanes of at least 4 members (excludes halogenated alkanes) is 6. The maximum absolute atomic E-state index is 12.8. The largest absolute Gasteiger partial charge is 0.377 e. The monoisotopic (exact) mass is 618 g/mol. The summed E-state index contributed by atoms with van der Waals surface area (Å²) in [5.74, 6) is 1.18. The third-order valence-electron chi connectivity index (χ3n) is 7.35. The maximum Gasteiger partial charge on any atom is 0.188 e. The van der Waals surface area contributed by atoms with Crippen LogP contribution in [-0.2, 0) is 28.2 Å². The minimum Gasteiger partial charge on any atom is -0.377 e. The quantitative estimate of drug-likeness (QED) is 0.101. The number of carbonyl (C=O) groups excluding carboxylic acids is 2. The standard InChI is InChI=1S/C31H40Br2O3/c1-22-16-28(22)31(35)29-18-24(12-14-25(29)19-32)11-9-7-5-3-4-6-8-10-23-13-15-27(26(17-23)20-33)30(34)21-36-2/h12-15,17-18,22,28H,3-11,16,19-21H2,1-2H3. The second kappa shape index (κ2) is 15.2. The fourth-order valence-corrected chi connectivity index (χ4v) is 5.90. The van der Waals surface area contributed by atoms with Gasteiger partial charge in [0.25, 0.3) is 0 Å². The lowest BCUT2D eigenvalue weighted by molar-refractivity contribution is 0.0847. The van der Waals surface area contributed by atoms with Crippen molar-refractivity contribution in [2.75, 3.05) is 13.7 Å². The van der Waals surface area contributed by atoms with E-state index in [1.807, 2.05) is 6.07 Å². The number of carbonyl (C=O) groups is 2. The molecule has 0 radical (unpaired) electrons. The molecule has 196 valence electrons. The van der Waals surface area contributed by atoms with Gasteiger partial charge < -0.3 is 4.74 Å². The Hall–Kier alpha value is -1.30. The van der Waals surface area contributed by atoms with Crippen LogP contribution in [0.25, 0.3) is 0 Å². The number of rotatable bonds is 17. The van der Waals surface area contributed by atoms with E-state index in [9.17, 15) is 9.59 Å². The van der Waals surface area contributed by atoms with E-state index in [0.717, 1.165) is 46.8 Å². The zero-order valence-electron chi connectivity index (χ0n) is 21.8. The highest BCUT2D eigenvalue weighted by atomic mass is 79.9. The summed E-state index contributed by atoms with van der Waals surface area (Å²) in [6.07, 6.45) is 11.8. The van der Waals surface area contributed by atoms with Crippen LogP contribution < -0.4 is 0 Å². The van der Waals surface area contributed by atoms with Gasteiger partial charge in [-0.05, 0) is 66.3 Å². The summed E-state index contributed by atoms with van der Waals surface area (Å²) in [5, 5.41) is 1.43. The fraction of sp³-hybridized carbons (Fsp3) is 0.548. The van der Waals surface area contributed by atoms with Crippen LogP contribution in [0.3, 0.4) is 0 Å². The van der Waals surface area contributed by atoms with Crippen LogP contribution in [0.1, 0.15) is 101 Å². The molecule has 5 heteroatoms. The summed E-state index contributed by atoms with van der Waals surface area (Å²) in [6.45, 7) is 2.30. The Kier molecular flexibility index (Phi) is 12.3. The molecule has 3 nitrogen and oxygen atoms in total. The van der Waals surface area contributed by atoms with Gasteiger partial charge in [-0.3, -0.25) is 9.59 Å². The minimum absolute atomic E-state index is 0.0382. The van der Waals surface area contributed by atoms with E-state index >= 15 is 0 Å². The third kappa shape index (κ3) is 8.63. The van der Waals surface area contributed by atoms with Gasteiger partial charge in [0, 0.05) is 34.8 Å². The van der Waals surface area contributed by atoms with E-state index in [1.165, 1.54) is 56.1 Å². The molecule has 2 atom stereocenters. The molecule has 2 aromatic carbocycles. The van der Waals surface area contributed by atoms with Crippen LogP contribution in [0.5, 0.6) is 0 Å². The summed E-state index contributed by atoms with van der Waals surface area (Å²) >= 11 is 7.06. The molecule has 1 fully saturated rings. The Labute approximate surface area is 234 Å². The zero-order chi connectivity index (χ0) is 25.9. The van der Waals surface area contributed by atoms with Crippen molar-refractivity contribution in [1.29, 1.82) is 0 Å². The summed E-state index contributed by atoms with van der Waals surface area (Å²) in [6, 6.07) is 12.7. The summed E-state index contributed by atoms with van der Waals surface area (Å²) in [5.41, 5.74) is 6.49. The van der Waals surface area contributed by atoms with Crippen molar-refractivity contribution >= 4 is 43.4 Å². The average molecular weight is 620 g/mol. The molecule has 0 saturated heterocycles. The molecule has 0 N–H and O–H groups in total. The van der Waals surface area contributed by atoms with Crippen molar-refractivity contribution in [1.82, 2.24) is 0 Å². The molecule has 0 heterocycles. The van der Waals surface area contributed by atoms with Crippen molar-refractivity contribution in [3.8, 4) is 0 Å². The number of aryl methyl sites for hydroxylation is 2. The highest BCUT2D eigenvalue weighted by Crippen LogP contribution is 2.41. The van der Waals surface area contributed by atoms with Gasteiger partial charge in [-0.15, -0.1) is 0 Å². The van der Waals surface area contributed by atoms with Gasteiger partial charge in [0.15, 0.2) is 11.6 Å². The van der Waals surface area contributed by atoms with Crippen LogP contribution in [0, 0.1) is 11.8 Å². The number of halogens is 2. The first-order valence-corrected chi connectivity index (χ1v) is 15.6. The molecule has 0 bridgehead atoms. The van der Waals surface area contributed by atoms with Crippen molar-refractivity contribution in [2.45, 2.75) is 81.8 Å². The highest BCUT2D eigenvalue weighted by Gasteiger charge is 2.39. The average Bonchev–Trinajstić information content (AvgIpc) is 3.63. The van der Waals surface area contributed by atoms with Crippen LogP contribution in [0.2, 0.25) is 0 Å². The number of ether oxygens (including phenoxy) is 1. The number of methoxy groups -OCH3 is 1. The number of Topliss-reactive ketones (excluding diaryl/α,β-unsaturated/α-hetero) is 2. The van der Waals surface area contributed by atoms with Gasteiger partial charge in [0.2, 0.25) is 0 Å². The normalized spacial score (nSPS) is 16.8. The molecule has 0 spiro atoms. The van der Waals surface area contributed by atoms with Crippen LogP contribution in [0.15, 0.2) is 36.4 Å². The molecule has 0 aromatic heterocycles. The minimum atomic E-state index is 0.0382. The second-order valence-electron chi connectivity index (χ2n) is 10.3. The molecule has 2 aromatic rings. The van der Waals surface area contributed by atoms with E-state index in [-0.39, 0.29) is 18.3 Å². The zero-order valence-corrected chi connectivity index (χ0v) is 25.0. The van der Waals surface area contributed by atoms with Crippen LogP contribution >= 0.6 is 31.9 Å². The summed E-state index contributed by atoms with van der Waals surface area (Å²) < 4.78 is 4.99. The molecule has 36 heavy (non-hydrogen) atoms. The molecule has 0 aliphatic heterocycles. The SMILES string of the molecule is COCC(=O)c1ccc(CCCCCCCCCc2ccc(CBr)c(C(=O)C3CC3C)c2)cc1CBr. The van der Waals surface area contributed by atoms with Gasteiger partial charge in [-0.1, -0.05) is 101 Å². The van der Waals surface area contributed by atoms with Crippen molar-refractivity contribution < 1.29 is 14.3 Å². The molecule has 1 saturated carbocycles. The molecule has 0 amide bonds. The Morgan fingerprint density at radius 3 is 1.92 bits per heavy atom. The number of ketones is 2. The van der Waals surface area contributed by atoms with Gasteiger partial charge in [0.05, 0.1) is 0 Å². The topological polar surface area (TPSA) is 43.4 Å². The van der Waals surface area contributed by atoms with Gasteiger partial charge in [0.1, 0.15) is 6.61 Å². The third-order valence-corrected chi connectivity index (χ3v) is 8.56. The maximum atomic E-state index is 12.8. The summed E-state index contributed by atoms with van der Waals surface area (Å²) in [7, 11) is 1.55. The van der Waals surface area contributed by atoms with Crippen molar-refractivity contribution in [3.63, 3.8) is 0 Å². The van der Waals surface area contributed by atoms with Crippen LogP contribution in [-0.4, -0.2) is 25.3 Å².